The van der Waals surface area contributed by atoms with E-state index in [1.807, 2.05) is 0 Å². The van der Waals surface area contributed by atoms with Crippen LogP contribution in [0.2, 0.25) is 0 Å². The lowest BCUT2D eigenvalue weighted by molar-refractivity contribution is 0.0988. The molecule has 116 valence electrons. The van der Waals surface area contributed by atoms with Crippen LogP contribution in [0.4, 0.5) is 0 Å². The van der Waals surface area contributed by atoms with Crippen molar-refractivity contribution in [1.29, 1.82) is 0 Å². The van der Waals surface area contributed by atoms with E-state index >= 15 is 0 Å². The van der Waals surface area contributed by atoms with Gasteiger partial charge in [-0.05, 0) is 35.0 Å². The second-order valence-corrected chi connectivity index (χ2v) is 8.21. The molecular weight excluding hydrogens is 228 g/mol. The SMILES string of the molecule is CCCCCC(C)C(C)C(C)C(C)C(C)C(C)(C)C. The molecule has 5 atom stereocenters. The van der Waals surface area contributed by atoms with Crippen molar-refractivity contribution in [3.8, 4) is 0 Å². The van der Waals surface area contributed by atoms with Gasteiger partial charge in [-0.25, -0.2) is 0 Å². The first-order valence-electron chi connectivity index (χ1n) is 8.62. The van der Waals surface area contributed by atoms with Crippen LogP contribution in [0.15, 0.2) is 0 Å². The van der Waals surface area contributed by atoms with Gasteiger partial charge in [0.1, 0.15) is 0 Å². The van der Waals surface area contributed by atoms with Crippen molar-refractivity contribution < 1.29 is 0 Å². The predicted octanol–water partition coefficient (Wildman–Crippen LogP) is 6.79. The third-order valence-corrected chi connectivity index (χ3v) is 5.97. The molecule has 0 nitrogen and oxygen atoms in total. The van der Waals surface area contributed by atoms with Crippen molar-refractivity contribution in [3.05, 3.63) is 0 Å². The topological polar surface area (TPSA) is 0 Å². The first-order chi connectivity index (χ1) is 8.62. The third kappa shape index (κ3) is 6.32. The summed E-state index contributed by atoms with van der Waals surface area (Å²) in [7, 11) is 0. The van der Waals surface area contributed by atoms with Crippen LogP contribution >= 0.6 is 0 Å². The van der Waals surface area contributed by atoms with E-state index in [0.717, 1.165) is 29.6 Å². The lowest BCUT2D eigenvalue weighted by Gasteiger charge is -2.39. The Kier molecular flexibility index (Phi) is 8.32. The van der Waals surface area contributed by atoms with Crippen LogP contribution in [0.5, 0.6) is 0 Å². The van der Waals surface area contributed by atoms with Gasteiger partial charge in [-0.3, -0.25) is 0 Å². The standard InChI is InChI=1S/C19H40/c1-10-11-12-13-14(2)15(3)16(4)17(5)18(6)19(7,8)9/h14-18H,10-13H2,1-9H3. The minimum absolute atomic E-state index is 0.429. The van der Waals surface area contributed by atoms with Gasteiger partial charge in [-0.1, -0.05) is 88.0 Å². The Morgan fingerprint density at radius 3 is 1.68 bits per heavy atom. The highest BCUT2D eigenvalue weighted by atomic mass is 14.4. The Balaban J connectivity index is 4.41. The molecule has 0 saturated carbocycles. The molecule has 0 radical (unpaired) electrons. The molecular formula is C19H40. The van der Waals surface area contributed by atoms with Crippen molar-refractivity contribution in [2.75, 3.05) is 0 Å². The summed E-state index contributed by atoms with van der Waals surface area (Å²) in [5.41, 5.74) is 0.429. The van der Waals surface area contributed by atoms with Crippen LogP contribution < -0.4 is 0 Å². The minimum atomic E-state index is 0.429. The van der Waals surface area contributed by atoms with E-state index in [1.165, 1.54) is 25.7 Å². The molecule has 0 saturated heterocycles. The van der Waals surface area contributed by atoms with Crippen molar-refractivity contribution in [2.24, 2.45) is 35.0 Å². The Bertz CT molecular complexity index is 223. The summed E-state index contributed by atoms with van der Waals surface area (Å²) < 4.78 is 0. The molecule has 0 bridgehead atoms. The fourth-order valence-corrected chi connectivity index (χ4v) is 3.22. The molecule has 0 heteroatoms. The molecule has 0 N–H and O–H groups in total. The van der Waals surface area contributed by atoms with E-state index in [0.29, 0.717) is 5.41 Å². The van der Waals surface area contributed by atoms with E-state index < -0.39 is 0 Å². The second-order valence-electron chi connectivity index (χ2n) is 8.21. The first kappa shape index (κ1) is 19.0. The molecule has 0 aliphatic carbocycles. The van der Waals surface area contributed by atoms with Crippen molar-refractivity contribution >= 4 is 0 Å². The second kappa shape index (κ2) is 8.32. The molecule has 0 fully saturated rings. The Hall–Kier alpha value is 0. The predicted molar refractivity (Wildman–Crippen MR) is 89.4 cm³/mol. The number of unbranched alkanes of at least 4 members (excludes halogenated alkanes) is 2. The average Bonchev–Trinajstić information content (AvgIpc) is 2.34. The number of hydrogen-bond acceptors (Lipinski definition) is 0. The van der Waals surface area contributed by atoms with Crippen LogP contribution in [0, 0.1) is 35.0 Å². The molecule has 0 aromatic carbocycles. The van der Waals surface area contributed by atoms with Gasteiger partial charge in [0, 0.05) is 0 Å². The Morgan fingerprint density at radius 1 is 0.737 bits per heavy atom. The van der Waals surface area contributed by atoms with Crippen molar-refractivity contribution in [3.63, 3.8) is 0 Å². The van der Waals surface area contributed by atoms with Crippen molar-refractivity contribution in [1.82, 2.24) is 0 Å². The zero-order valence-electron chi connectivity index (χ0n) is 15.2. The molecule has 0 spiro atoms. The van der Waals surface area contributed by atoms with Gasteiger partial charge < -0.3 is 0 Å². The van der Waals surface area contributed by atoms with Gasteiger partial charge in [-0.15, -0.1) is 0 Å². The van der Waals surface area contributed by atoms with Crippen LogP contribution in [-0.2, 0) is 0 Å². The number of hydrogen-bond donors (Lipinski definition) is 0. The van der Waals surface area contributed by atoms with E-state index in [-0.39, 0.29) is 0 Å². The molecule has 5 unspecified atom stereocenters. The lowest BCUT2D eigenvalue weighted by atomic mass is 9.66. The minimum Gasteiger partial charge on any atom is -0.0654 e. The van der Waals surface area contributed by atoms with Gasteiger partial charge in [0.2, 0.25) is 0 Å². The summed E-state index contributed by atoms with van der Waals surface area (Å²) >= 11 is 0. The van der Waals surface area contributed by atoms with Gasteiger partial charge >= 0.3 is 0 Å². The molecule has 0 heterocycles. The Morgan fingerprint density at radius 2 is 1.26 bits per heavy atom. The van der Waals surface area contributed by atoms with Gasteiger partial charge in [-0.2, -0.15) is 0 Å². The maximum atomic E-state index is 2.48. The van der Waals surface area contributed by atoms with Crippen molar-refractivity contribution in [2.45, 2.75) is 88.0 Å². The average molecular weight is 269 g/mol. The highest BCUT2D eigenvalue weighted by Crippen LogP contribution is 2.39. The van der Waals surface area contributed by atoms with E-state index in [1.54, 1.807) is 0 Å². The molecule has 0 amide bonds. The molecule has 0 aliphatic rings. The van der Waals surface area contributed by atoms with Crippen LogP contribution in [0.25, 0.3) is 0 Å². The normalized spacial score (nSPS) is 20.7. The Labute approximate surface area is 123 Å². The van der Waals surface area contributed by atoms with E-state index in [2.05, 4.69) is 62.3 Å². The lowest BCUT2D eigenvalue weighted by Crippen LogP contribution is -2.32. The van der Waals surface area contributed by atoms with Gasteiger partial charge in [0.05, 0.1) is 0 Å². The van der Waals surface area contributed by atoms with Gasteiger partial charge in [0.25, 0.3) is 0 Å². The molecule has 0 aliphatic heterocycles. The fraction of sp³-hybridized carbons (Fsp3) is 1.00. The van der Waals surface area contributed by atoms with Crippen LogP contribution in [0.3, 0.4) is 0 Å². The summed E-state index contributed by atoms with van der Waals surface area (Å²) in [5.74, 6) is 4.13. The zero-order valence-corrected chi connectivity index (χ0v) is 15.2. The third-order valence-electron chi connectivity index (χ3n) is 5.97. The van der Waals surface area contributed by atoms with E-state index in [4.69, 9.17) is 0 Å². The van der Waals surface area contributed by atoms with Gasteiger partial charge in [0.15, 0.2) is 0 Å². The molecule has 0 rings (SSSR count). The monoisotopic (exact) mass is 268 g/mol. The highest BCUT2D eigenvalue weighted by Gasteiger charge is 2.32. The summed E-state index contributed by atoms with van der Waals surface area (Å²) in [6.45, 7) is 21.8. The molecule has 0 aromatic heterocycles. The highest BCUT2D eigenvalue weighted by molar-refractivity contribution is 4.81. The van der Waals surface area contributed by atoms with E-state index in [9.17, 15) is 0 Å². The smallest absolute Gasteiger partial charge is 0.0354 e. The maximum Gasteiger partial charge on any atom is -0.0354 e. The summed E-state index contributed by atoms with van der Waals surface area (Å²) in [6, 6.07) is 0. The quantitative estimate of drug-likeness (QED) is 0.425. The summed E-state index contributed by atoms with van der Waals surface area (Å²) in [6.07, 6.45) is 5.57. The zero-order chi connectivity index (χ0) is 15.2. The van der Waals surface area contributed by atoms with Crippen LogP contribution in [0.1, 0.15) is 88.0 Å². The summed E-state index contributed by atoms with van der Waals surface area (Å²) in [4.78, 5) is 0. The molecule has 19 heavy (non-hydrogen) atoms. The van der Waals surface area contributed by atoms with Crippen LogP contribution in [-0.4, -0.2) is 0 Å². The fourth-order valence-electron chi connectivity index (χ4n) is 3.22. The largest absolute Gasteiger partial charge is 0.0654 e. The number of rotatable bonds is 8. The summed E-state index contributed by atoms with van der Waals surface area (Å²) in [5, 5.41) is 0. The maximum absolute atomic E-state index is 2.48. The first-order valence-corrected chi connectivity index (χ1v) is 8.62. The molecule has 0 aromatic rings.